The second-order valence-electron chi connectivity index (χ2n) is 5.78. The highest BCUT2D eigenvalue weighted by Gasteiger charge is 2.22. The van der Waals surface area contributed by atoms with Crippen LogP contribution in [0.1, 0.15) is 61.2 Å². The van der Waals surface area contributed by atoms with Crippen molar-refractivity contribution in [2.75, 3.05) is 0 Å². The Hall–Kier alpha value is -0.940. The molecule has 1 heterocycles. The maximum absolute atomic E-state index is 12.2. The number of aryl methyl sites for hydroxylation is 2. The van der Waals surface area contributed by atoms with Crippen LogP contribution < -0.4 is 10.6 Å². The zero-order valence-electron chi connectivity index (χ0n) is 12.8. The SMILES string of the molecule is Cc1nc(C)c(C(C)NC(C)C(=O)NC2CCCC2)s1. The fourth-order valence-corrected chi connectivity index (χ4v) is 3.81. The Balaban J connectivity index is 1.88. The predicted molar refractivity (Wildman–Crippen MR) is 83.0 cm³/mol. The molecule has 0 aromatic carbocycles. The molecule has 112 valence electrons. The summed E-state index contributed by atoms with van der Waals surface area (Å²) in [7, 11) is 0. The summed E-state index contributed by atoms with van der Waals surface area (Å²) in [6.45, 7) is 8.08. The smallest absolute Gasteiger partial charge is 0.237 e. The average molecular weight is 295 g/mol. The van der Waals surface area contributed by atoms with Crippen molar-refractivity contribution in [1.82, 2.24) is 15.6 Å². The number of carbonyl (C=O) groups is 1. The number of hydrogen-bond donors (Lipinski definition) is 2. The molecule has 1 fully saturated rings. The maximum atomic E-state index is 12.2. The minimum absolute atomic E-state index is 0.114. The Bertz CT molecular complexity index is 466. The molecule has 1 aromatic rings. The zero-order chi connectivity index (χ0) is 14.7. The Labute approximate surface area is 125 Å². The van der Waals surface area contributed by atoms with Crippen LogP contribution in [0.5, 0.6) is 0 Å². The minimum atomic E-state index is -0.174. The molecular weight excluding hydrogens is 270 g/mol. The van der Waals surface area contributed by atoms with E-state index in [9.17, 15) is 4.79 Å². The molecule has 5 heteroatoms. The summed E-state index contributed by atoms with van der Waals surface area (Å²) < 4.78 is 0. The predicted octanol–water partition coefficient (Wildman–Crippen LogP) is 2.86. The lowest BCUT2D eigenvalue weighted by molar-refractivity contribution is -0.123. The molecule has 2 unspecified atom stereocenters. The summed E-state index contributed by atoms with van der Waals surface area (Å²) in [5.41, 5.74) is 1.07. The van der Waals surface area contributed by atoms with Gasteiger partial charge in [0.05, 0.1) is 16.7 Å². The van der Waals surface area contributed by atoms with Gasteiger partial charge in [0.2, 0.25) is 5.91 Å². The van der Waals surface area contributed by atoms with E-state index < -0.39 is 0 Å². The Morgan fingerprint density at radius 3 is 2.50 bits per heavy atom. The quantitative estimate of drug-likeness (QED) is 0.878. The van der Waals surface area contributed by atoms with Gasteiger partial charge in [-0.3, -0.25) is 10.1 Å². The molecule has 1 amide bonds. The lowest BCUT2D eigenvalue weighted by Crippen LogP contribution is -2.46. The highest BCUT2D eigenvalue weighted by Crippen LogP contribution is 2.24. The number of amides is 1. The van der Waals surface area contributed by atoms with Crippen LogP contribution in [0.4, 0.5) is 0 Å². The highest BCUT2D eigenvalue weighted by molar-refractivity contribution is 7.11. The number of hydrogen-bond acceptors (Lipinski definition) is 4. The van der Waals surface area contributed by atoms with Gasteiger partial charge >= 0.3 is 0 Å². The summed E-state index contributed by atoms with van der Waals surface area (Å²) in [6.07, 6.45) is 4.73. The minimum Gasteiger partial charge on any atom is -0.352 e. The van der Waals surface area contributed by atoms with Gasteiger partial charge in [-0.1, -0.05) is 12.8 Å². The molecule has 1 aliphatic rings. The summed E-state index contributed by atoms with van der Waals surface area (Å²) >= 11 is 1.70. The van der Waals surface area contributed by atoms with Crippen molar-refractivity contribution in [3.63, 3.8) is 0 Å². The van der Waals surface area contributed by atoms with Crippen molar-refractivity contribution in [1.29, 1.82) is 0 Å². The molecule has 0 aliphatic heterocycles. The summed E-state index contributed by atoms with van der Waals surface area (Å²) in [4.78, 5) is 17.8. The molecule has 1 aromatic heterocycles. The van der Waals surface area contributed by atoms with Gasteiger partial charge in [0.15, 0.2) is 0 Å². The number of nitrogens with zero attached hydrogens (tertiary/aromatic N) is 1. The van der Waals surface area contributed by atoms with E-state index in [4.69, 9.17) is 0 Å². The van der Waals surface area contributed by atoms with E-state index in [1.807, 2.05) is 20.8 Å². The number of carbonyl (C=O) groups excluding carboxylic acids is 1. The van der Waals surface area contributed by atoms with Crippen LogP contribution >= 0.6 is 11.3 Å². The summed E-state index contributed by atoms with van der Waals surface area (Å²) in [5, 5.41) is 7.60. The van der Waals surface area contributed by atoms with Crippen molar-refractivity contribution in [3.8, 4) is 0 Å². The second-order valence-corrected chi connectivity index (χ2v) is 7.02. The van der Waals surface area contributed by atoms with Crippen molar-refractivity contribution < 1.29 is 4.79 Å². The van der Waals surface area contributed by atoms with E-state index in [2.05, 4.69) is 22.5 Å². The molecule has 1 saturated carbocycles. The van der Waals surface area contributed by atoms with Gasteiger partial charge in [0, 0.05) is 17.0 Å². The van der Waals surface area contributed by atoms with Crippen LogP contribution in [0.3, 0.4) is 0 Å². The fourth-order valence-electron chi connectivity index (χ4n) is 2.87. The molecule has 0 spiro atoms. The van der Waals surface area contributed by atoms with Crippen LogP contribution in [0.2, 0.25) is 0 Å². The summed E-state index contributed by atoms with van der Waals surface area (Å²) in [5.74, 6) is 0.114. The number of thiazole rings is 1. The van der Waals surface area contributed by atoms with Gasteiger partial charge in [-0.25, -0.2) is 4.98 Å². The third kappa shape index (κ3) is 3.79. The second kappa shape index (κ2) is 6.68. The lowest BCUT2D eigenvalue weighted by atomic mass is 10.2. The molecule has 4 nitrogen and oxygen atoms in total. The fraction of sp³-hybridized carbons (Fsp3) is 0.733. The number of rotatable bonds is 5. The Morgan fingerprint density at radius 1 is 1.30 bits per heavy atom. The molecule has 2 N–H and O–H groups in total. The highest BCUT2D eigenvalue weighted by atomic mass is 32.1. The number of aromatic nitrogens is 1. The first-order valence-corrected chi connectivity index (χ1v) is 8.29. The summed E-state index contributed by atoms with van der Waals surface area (Å²) in [6, 6.07) is 0.368. The van der Waals surface area contributed by atoms with Crippen molar-refractivity contribution in [2.45, 2.75) is 71.5 Å². The van der Waals surface area contributed by atoms with Crippen molar-refractivity contribution >= 4 is 17.2 Å². The maximum Gasteiger partial charge on any atom is 0.237 e. The first kappa shape index (κ1) is 15.4. The molecular formula is C15H25N3OS. The van der Waals surface area contributed by atoms with E-state index in [-0.39, 0.29) is 18.0 Å². The molecule has 20 heavy (non-hydrogen) atoms. The molecule has 0 saturated heterocycles. The van der Waals surface area contributed by atoms with Crippen molar-refractivity contribution in [3.05, 3.63) is 15.6 Å². The third-order valence-corrected chi connectivity index (χ3v) is 5.18. The van der Waals surface area contributed by atoms with Crippen LogP contribution in [0, 0.1) is 13.8 Å². The molecule has 0 bridgehead atoms. The largest absolute Gasteiger partial charge is 0.352 e. The first-order valence-electron chi connectivity index (χ1n) is 7.47. The monoisotopic (exact) mass is 295 g/mol. The first-order chi connectivity index (χ1) is 9.47. The Kier molecular flexibility index (Phi) is 5.16. The average Bonchev–Trinajstić information content (AvgIpc) is 2.98. The van der Waals surface area contributed by atoms with E-state index in [1.54, 1.807) is 11.3 Å². The molecule has 0 radical (unpaired) electrons. The van der Waals surface area contributed by atoms with Crippen LogP contribution in [-0.4, -0.2) is 23.0 Å². The van der Waals surface area contributed by atoms with Crippen molar-refractivity contribution in [2.24, 2.45) is 0 Å². The topological polar surface area (TPSA) is 54.0 Å². The zero-order valence-corrected chi connectivity index (χ0v) is 13.6. The molecule has 1 aliphatic carbocycles. The molecule has 2 rings (SSSR count). The van der Waals surface area contributed by atoms with E-state index >= 15 is 0 Å². The van der Waals surface area contributed by atoms with Gasteiger partial charge < -0.3 is 5.32 Å². The van der Waals surface area contributed by atoms with Gasteiger partial charge in [0.1, 0.15) is 0 Å². The number of nitrogens with one attached hydrogen (secondary N) is 2. The molecule has 2 atom stereocenters. The van der Waals surface area contributed by atoms with Gasteiger partial charge in [-0.05, 0) is 40.5 Å². The van der Waals surface area contributed by atoms with Gasteiger partial charge in [0.25, 0.3) is 0 Å². The van der Waals surface area contributed by atoms with E-state index in [1.165, 1.54) is 17.7 Å². The normalized spacial score (nSPS) is 19.0. The lowest BCUT2D eigenvalue weighted by Gasteiger charge is -2.21. The van der Waals surface area contributed by atoms with Gasteiger partial charge in [-0.15, -0.1) is 11.3 Å². The van der Waals surface area contributed by atoms with E-state index in [0.29, 0.717) is 6.04 Å². The van der Waals surface area contributed by atoms with E-state index in [0.717, 1.165) is 23.5 Å². The van der Waals surface area contributed by atoms with Crippen LogP contribution in [0.25, 0.3) is 0 Å². The van der Waals surface area contributed by atoms with Gasteiger partial charge in [-0.2, -0.15) is 0 Å². The Morgan fingerprint density at radius 2 is 1.95 bits per heavy atom. The van der Waals surface area contributed by atoms with Crippen LogP contribution in [0.15, 0.2) is 0 Å². The standard InChI is InChI=1S/C15H25N3OS/c1-9(14-10(2)17-12(4)20-14)16-11(3)15(19)18-13-7-5-6-8-13/h9,11,13,16H,5-8H2,1-4H3,(H,18,19). The van der Waals surface area contributed by atoms with Crippen LogP contribution in [-0.2, 0) is 4.79 Å². The third-order valence-electron chi connectivity index (χ3n) is 3.93.